The van der Waals surface area contributed by atoms with Gasteiger partial charge in [0.1, 0.15) is 0 Å². The van der Waals surface area contributed by atoms with Crippen LogP contribution in [0.5, 0.6) is 0 Å². The van der Waals surface area contributed by atoms with Gasteiger partial charge < -0.3 is 0 Å². The number of hydrogen-bond donors (Lipinski definition) is 1. The van der Waals surface area contributed by atoms with E-state index in [0.717, 1.165) is 22.7 Å². The predicted molar refractivity (Wildman–Crippen MR) is 88.2 cm³/mol. The molecule has 1 N–H and O–H groups in total. The minimum Gasteiger partial charge on any atom is -0.298 e. The van der Waals surface area contributed by atoms with E-state index < -0.39 is 11.6 Å². The minimum absolute atomic E-state index is 0.295. The van der Waals surface area contributed by atoms with Crippen molar-refractivity contribution in [2.75, 3.05) is 5.32 Å². The Morgan fingerprint density at radius 1 is 1.12 bits per heavy atom. The Kier molecular flexibility index (Phi) is 4.61. The van der Waals surface area contributed by atoms with Crippen LogP contribution in [0.15, 0.2) is 42.7 Å². The molecule has 0 aliphatic rings. The fourth-order valence-electron chi connectivity index (χ4n) is 2.07. The summed E-state index contributed by atoms with van der Waals surface area (Å²) in [4.78, 5) is 21.1. The number of rotatable bonds is 4. The largest absolute Gasteiger partial charge is 0.298 e. The van der Waals surface area contributed by atoms with Gasteiger partial charge in [0.2, 0.25) is 0 Å². The van der Waals surface area contributed by atoms with Crippen molar-refractivity contribution in [1.29, 1.82) is 0 Å². The second kappa shape index (κ2) is 6.84. The third kappa shape index (κ3) is 3.80. The van der Waals surface area contributed by atoms with Crippen LogP contribution >= 0.6 is 11.3 Å². The number of thiazole rings is 1. The summed E-state index contributed by atoms with van der Waals surface area (Å²) in [6.45, 7) is 1.84. The molecule has 24 heavy (non-hydrogen) atoms. The van der Waals surface area contributed by atoms with Crippen molar-refractivity contribution < 1.29 is 13.6 Å². The molecule has 7 heteroatoms. The van der Waals surface area contributed by atoms with Gasteiger partial charge in [0.25, 0.3) is 5.91 Å². The van der Waals surface area contributed by atoms with E-state index in [1.54, 1.807) is 18.3 Å². The molecule has 0 fully saturated rings. The van der Waals surface area contributed by atoms with Crippen LogP contribution in [0.1, 0.15) is 26.5 Å². The number of hydrogen-bond acceptors (Lipinski definition) is 4. The number of carbonyl (C=O) groups excluding carboxylic acids is 1. The van der Waals surface area contributed by atoms with Crippen molar-refractivity contribution in [2.24, 2.45) is 0 Å². The molecule has 3 aromatic rings. The summed E-state index contributed by atoms with van der Waals surface area (Å²) in [5, 5.41) is 3.14. The highest BCUT2D eigenvalue weighted by atomic mass is 32.1. The molecule has 1 aromatic carbocycles. The van der Waals surface area contributed by atoms with Crippen molar-refractivity contribution in [3.05, 3.63) is 76.1 Å². The Morgan fingerprint density at radius 2 is 1.96 bits per heavy atom. The quantitative estimate of drug-likeness (QED) is 0.778. The van der Waals surface area contributed by atoms with Crippen LogP contribution in [0.2, 0.25) is 0 Å². The molecule has 0 unspecified atom stereocenters. The van der Waals surface area contributed by atoms with Crippen molar-refractivity contribution in [3.8, 4) is 0 Å². The summed E-state index contributed by atoms with van der Waals surface area (Å²) >= 11 is 1.28. The molecule has 0 saturated carbocycles. The number of anilines is 1. The normalized spacial score (nSPS) is 10.6. The second-order valence-corrected chi connectivity index (χ2v) is 6.31. The van der Waals surface area contributed by atoms with Gasteiger partial charge in [-0.1, -0.05) is 6.07 Å². The molecule has 0 bridgehead atoms. The summed E-state index contributed by atoms with van der Waals surface area (Å²) in [7, 11) is 0. The van der Waals surface area contributed by atoms with Gasteiger partial charge in [-0.2, -0.15) is 0 Å². The SMILES string of the molecule is Cc1ccc(C(=O)Nc2ncc(Cc3ccc(F)c(F)c3)s2)cn1. The standard InChI is InChI=1S/C17H13F2N3OS/c1-10-2-4-12(8-20-10)16(23)22-17-21-9-13(24-17)6-11-3-5-14(18)15(19)7-11/h2-5,7-9H,6H2,1H3,(H,21,22,23). The molecule has 3 rings (SSSR count). The molecular formula is C17H13F2N3OS. The number of amides is 1. The van der Waals surface area contributed by atoms with Gasteiger partial charge >= 0.3 is 0 Å². The van der Waals surface area contributed by atoms with E-state index in [1.807, 2.05) is 6.92 Å². The van der Waals surface area contributed by atoms with E-state index in [1.165, 1.54) is 23.6 Å². The van der Waals surface area contributed by atoms with E-state index in [9.17, 15) is 13.6 Å². The Bertz CT molecular complexity index is 878. The van der Waals surface area contributed by atoms with Crippen LogP contribution in [-0.4, -0.2) is 15.9 Å². The van der Waals surface area contributed by atoms with Crippen LogP contribution in [0, 0.1) is 18.6 Å². The number of benzene rings is 1. The Balaban J connectivity index is 1.67. The highest BCUT2D eigenvalue weighted by molar-refractivity contribution is 7.15. The number of pyridine rings is 1. The summed E-state index contributed by atoms with van der Waals surface area (Å²) < 4.78 is 26.2. The molecule has 0 saturated heterocycles. The fourth-order valence-corrected chi connectivity index (χ4v) is 2.91. The predicted octanol–water partition coefficient (Wildman–Crippen LogP) is 3.97. The van der Waals surface area contributed by atoms with Crippen LogP contribution in [0.25, 0.3) is 0 Å². The van der Waals surface area contributed by atoms with E-state index in [0.29, 0.717) is 22.7 Å². The lowest BCUT2D eigenvalue weighted by atomic mass is 10.1. The molecule has 0 aliphatic heterocycles. The van der Waals surface area contributed by atoms with Gasteiger partial charge in [-0.05, 0) is 36.8 Å². The molecule has 2 aromatic heterocycles. The van der Waals surface area contributed by atoms with E-state index in [4.69, 9.17) is 0 Å². The molecule has 0 spiro atoms. The van der Waals surface area contributed by atoms with Crippen LogP contribution in [0.4, 0.5) is 13.9 Å². The third-order valence-electron chi connectivity index (χ3n) is 3.31. The van der Waals surface area contributed by atoms with Crippen LogP contribution in [0.3, 0.4) is 0 Å². The number of nitrogens with one attached hydrogen (secondary N) is 1. The lowest BCUT2D eigenvalue weighted by molar-refractivity contribution is 0.102. The fraction of sp³-hybridized carbons (Fsp3) is 0.118. The Hall–Kier alpha value is -2.67. The smallest absolute Gasteiger partial charge is 0.259 e. The van der Waals surface area contributed by atoms with Crippen LogP contribution in [-0.2, 0) is 6.42 Å². The van der Waals surface area contributed by atoms with Gasteiger partial charge in [-0.3, -0.25) is 15.1 Å². The maximum Gasteiger partial charge on any atom is 0.259 e. The maximum absolute atomic E-state index is 13.2. The summed E-state index contributed by atoms with van der Waals surface area (Å²) in [6, 6.07) is 7.22. The van der Waals surface area contributed by atoms with Crippen LogP contribution < -0.4 is 5.32 Å². The highest BCUT2D eigenvalue weighted by Gasteiger charge is 2.10. The molecule has 122 valence electrons. The number of halogens is 2. The van der Waals surface area contributed by atoms with Crippen molar-refractivity contribution >= 4 is 22.4 Å². The average Bonchev–Trinajstić information content (AvgIpc) is 2.98. The van der Waals surface area contributed by atoms with Gasteiger partial charge in [0, 0.05) is 29.4 Å². The lowest BCUT2D eigenvalue weighted by Crippen LogP contribution is -2.11. The first kappa shape index (κ1) is 16.2. The molecule has 4 nitrogen and oxygen atoms in total. The monoisotopic (exact) mass is 345 g/mol. The number of aryl methyl sites for hydroxylation is 1. The van der Waals surface area contributed by atoms with E-state index in [2.05, 4.69) is 15.3 Å². The summed E-state index contributed by atoms with van der Waals surface area (Å²) in [5.74, 6) is -2.05. The number of carbonyl (C=O) groups is 1. The van der Waals surface area contributed by atoms with Gasteiger partial charge in [-0.25, -0.2) is 13.8 Å². The van der Waals surface area contributed by atoms with Gasteiger partial charge in [0.15, 0.2) is 16.8 Å². The highest BCUT2D eigenvalue weighted by Crippen LogP contribution is 2.22. The van der Waals surface area contributed by atoms with Crippen molar-refractivity contribution in [2.45, 2.75) is 13.3 Å². The zero-order valence-corrected chi connectivity index (χ0v) is 13.5. The Morgan fingerprint density at radius 3 is 2.67 bits per heavy atom. The van der Waals surface area contributed by atoms with Gasteiger partial charge in [0.05, 0.1) is 5.56 Å². The second-order valence-electron chi connectivity index (χ2n) is 5.20. The third-order valence-corrected chi connectivity index (χ3v) is 4.22. The number of aromatic nitrogens is 2. The first-order chi connectivity index (χ1) is 11.5. The van der Waals surface area contributed by atoms with E-state index in [-0.39, 0.29) is 5.91 Å². The van der Waals surface area contributed by atoms with E-state index >= 15 is 0 Å². The molecule has 1 amide bonds. The average molecular weight is 345 g/mol. The molecule has 0 atom stereocenters. The zero-order valence-electron chi connectivity index (χ0n) is 12.7. The topological polar surface area (TPSA) is 54.9 Å². The summed E-state index contributed by atoms with van der Waals surface area (Å²) in [6.07, 6.45) is 3.52. The molecule has 2 heterocycles. The first-order valence-electron chi connectivity index (χ1n) is 7.14. The Labute approximate surface area is 141 Å². The molecule has 0 radical (unpaired) electrons. The first-order valence-corrected chi connectivity index (χ1v) is 7.95. The summed E-state index contributed by atoms with van der Waals surface area (Å²) in [5.41, 5.74) is 1.91. The van der Waals surface area contributed by atoms with Gasteiger partial charge in [-0.15, -0.1) is 11.3 Å². The minimum atomic E-state index is -0.877. The van der Waals surface area contributed by atoms with Crippen molar-refractivity contribution in [3.63, 3.8) is 0 Å². The van der Waals surface area contributed by atoms with Crippen molar-refractivity contribution in [1.82, 2.24) is 9.97 Å². The lowest BCUT2D eigenvalue weighted by Gasteiger charge is -2.01. The zero-order chi connectivity index (χ0) is 17.1. The maximum atomic E-state index is 13.2. The number of nitrogens with zero attached hydrogens (tertiary/aromatic N) is 2. The molecular weight excluding hydrogens is 332 g/mol. The molecule has 0 aliphatic carbocycles.